The highest BCUT2D eigenvalue weighted by Crippen LogP contribution is 2.29. The van der Waals surface area contributed by atoms with Crippen molar-refractivity contribution in [2.75, 3.05) is 5.43 Å². The molecule has 118 valence electrons. The molecule has 0 aliphatic heterocycles. The highest BCUT2D eigenvalue weighted by molar-refractivity contribution is 6.36. The van der Waals surface area contributed by atoms with Crippen LogP contribution >= 0.6 is 23.2 Å². The number of nitro benzene ring substituents is 2. The monoisotopic (exact) mass is 354 g/mol. The summed E-state index contributed by atoms with van der Waals surface area (Å²) in [5.74, 6) is 0. The van der Waals surface area contributed by atoms with Crippen LogP contribution in [-0.2, 0) is 0 Å². The van der Waals surface area contributed by atoms with Crippen LogP contribution < -0.4 is 5.43 Å². The van der Waals surface area contributed by atoms with E-state index in [9.17, 15) is 20.2 Å². The fourth-order valence-electron chi connectivity index (χ4n) is 1.66. The van der Waals surface area contributed by atoms with E-state index in [-0.39, 0.29) is 11.4 Å². The Labute approximate surface area is 139 Å². The first-order valence-electron chi connectivity index (χ1n) is 6.05. The van der Waals surface area contributed by atoms with E-state index in [0.717, 1.165) is 12.1 Å². The summed E-state index contributed by atoms with van der Waals surface area (Å²) in [6.07, 6.45) is 1.35. The zero-order valence-corrected chi connectivity index (χ0v) is 12.8. The van der Waals surface area contributed by atoms with Crippen LogP contribution in [0, 0.1) is 20.2 Å². The number of hydrazone groups is 1. The third kappa shape index (κ3) is 4.15. The number of rotatable bonds is 5. The first-order valence-corrected chi connectivity index (χ1v) is 6.81. The predicted octanol–water partition coefficient (Wildman–Crippen LogP) is 4.26. The van der Waals surface area contributed by atoms with Crippen LogP contribution in [0.2, 0.25) is 10.0 Å². The molecule has 0 fully saturated rings. The molecule has 0 radical (unpaired) electrons. The molecule has 0 saturated heterocycles. The van der Waals surface area contributed by atoms with Crippen LogP contribution in [0.1, 0.15) is 5.56 Å². The van der Waals surface area contributed by atoms with Crippen molar-refractivity contribution in [1.82, 2.24) is 0 Å². The van der Waals surface area contributed by atoms with Gasteiger partial charge in [-0.15, -0.1) is 0 Å². The Morgan fingerprint density at radius 1 is 1.04 bits per heavy atom. The number of non-ortho nitro benzene ring substituents is 1. The summed E-state index contributed by atoms with van der Waals surface area (Å²) in [6, 6.07) is 7.96. The summed E-state index contributed by atoms with van der Waals surface area (Å²) in [5, 5.41) is 26.3. The summed E-state index contributed by atoms with van der Waals surface area (Å²) >= 11 is 11.7. The molecule has 0 aliphatic carbocycles. The van der Waals surface area contributed by atoms with Crippen LogP contribution in [-0.4, -0.2) is 16.1 Å². The zero-order valence-electron chi connectivity index (χ0n) is 11.3. The summed E-state index contributed by atoms with van der Waals surface area (Å²) in [6.45, 7) is 0. The number of nitrogens with zero attached hydrogens (tertiary/aromatic N) is 3. The lowest BCUT2D eigenvalue weighted by molar-refractivity contribution is -0.393. The highest BCUT2D eigenvalue weighted by Gasteiger charge is 2.19. The fourth-order valence-corrected chi connectivity index (χ4v) is 2.11. The van der Waals surface area contributed by atoms with Crippen LogP contribution in [0.5, 0.6) is 0 Å². The second-order valence-electron chi connectivity index (χ2n) is 4.25. The molecule has 2 rings (SSSR count). The lowest BCUT2D eigenvalue weighted by Crippen LogP contribution is -1.98. The second kappa shape index (κ2) is 7.03. The van der Waals surface area contributed by atoms with Crippen molar-refractivity contribution in [3.8, 4) is 0 Å². The summed E-state index contributed by atoms with van der Waals surface area (Å²) in [7, 11) is 0. The van der Waals surface area contributed by atoms with Gasteiger partial charge >= 0.3 is 5.69 Å². The minimum absolute atomic E-state index is 0.0157. The largest absolute Gasteiger partial charge is 0.301 e. The molecular formula is C13H8Cl2N4O4. The number of nitro groups is 2. The minimum atomic E-state index is -0.736. The van der Waals surface area contributed by atoms with Gasteiger partial charge in [0.2, 0.25) is 0 Å². The van der Waals surface area contributed by atoms with Gasteiger partial charge in [-0.1, -0.05) is 29.3 Å². The number of nitrogens with one attached hydrogen (secondary N) is 1. The molecule has 8 nitrogen and oxygen atoms in total. The van der Waals surface area contributed by atoms with Gasteiger partial charge in [0.1, 0.15) is 5.69 Å². The topological polar surface area (TPSA) is 111 Å². The lowest BCUT2D eigenvalue weighted by Gasteiger charge is -2.02. The molecule has 23 heavy (non-hydrogen) atoms. The molecule has 0 aliphatic rings. The van der Waals surface area contributed by atoms with Crippen LogP contribution in [0.25, 0.3) is 0 Å². The maximum atomic E-state index is 11.0. The van der Waals surface area contributed by atoms with Crippen molar-refractivity contribution in [2.45, 2.75) is 0 Å². The summed E-state index contributed by atoms with van der Waals surface area (Å²) < 4.78 is 0. The Bertz CT molecular complexity index is 811. The van der Waals surface area contributed by atoms with Gasteiger partial charge < -0.3 is 0 Å². The molecule has 0 unspecified atom stereocenters. The highest BCUT2D eigenvalue weighted by atomic mass is 35.5. The molecular weight excluding hydrogens is 347 g/mol. The molecule has 2 aromatic rings. The van der Waals surface area contributed by atoms with Gasteiger partial charge in [-0.3, -0.25) is 25.7 Å². The van der Waals surface area contributed by atoms with Gasteiger partial charge in [-0.05, 0) is 18.2 Å². The predicted molar refractivity (Wildman–Crippen MR) is 87.4 cm³/mol. The first-order chi connectivity index (χ1) is 10.9. The normalized spacial score (nSPS) is 10.7. The van der Waals surface area contributed by atoms with Crippen molar-refractivity contribution < 1.29 is 9.85 Å². The van der Waals surface area contributed by atoms with Crippen molar-refractivity contribution in [2.24, 2.45) is 5.10 Å². The third-order valence-corrected chi connectivity index (χ3v) is 3.30. The summed E-state index contributed by atoms with van der Waals surface area (Å²) in [5.41, 5.74) is 2.19. The number of hydrogen-bond donors (Lipinski definition) is 1. The Morgan fingerprint density at radius 2 is 1.78 bits per heavy atom. The van der Waals surface area contributed by atoms with Crippen molar-refractivity contribution >= 4 is 46.5 Å². The molecule has 0 saturated carbocycles. The molecule has 2 aromatic carbocycles. The second-order valence-corrected chi connectivity index (χ2v) is 5.10. The number of hydrogen-bond acceptors (Lipinski definition) is 6. The van der Waals surface area contributed by atoms with Gasteiger partial charge in [0, 0.05) is 16.7 Å². The molecule has 0 bridgehead atoms. The van der Waals surface area contributed by atoms with E-state index in [1.807, 2.05) is 0 Å². The average Bonchev–Trinajstić information content (AvgIpc) is 2.49. The number of anilines is 1. The lowest BCUT2D eigenvalue weighted by atomic mass is 10.2. The van der Waals surface area contributed by atoms with E-state index in [1.54, 1.807) is 12.1 Å². The number of benzene rings is 2. The Kier molecular flexibility index (Phi) is 5.09. The third-order valence-electron chi connectivity index (χ3n) is 2.74. The smallest absolute Gasteiger partial charge is 0.272 e. The zero-order chi connectivity index (χ0) is 17.0. The molecule has 10 heteroatoms. The van der Waals surface area contributed by atoms with Gasteiger partial charge in [0.25, 0.3) is 5.69 Å². The van der Waals surface area contributed by atoms with Crippen LogP contribution in [0.15, 0.2) is 41.5 Å². The standard InChI is InChI=1S/C13H8Cl2N4O4/c14-9-2-1-8(11(15)5-9)7-16-17-12-4-3-10(18(20)21)6-13(12)19(22)23/h1-7,17H/b16-7-. The van der Waals surface area contributed by atoms with E-state index in [4.69, 9.17) is 23.2 Å². The van der Waals surface area contributed by atoms with E-state index in [1.165, 1.54) is 18.3 Å². The fraction of sp³-hybridized carbons (Fsp3) is 0. The van der Waals surface area contributed by atoms with Gasteiger partial charge in [0.05, 0.1) is 27.2 Å². The average molecular weight is 355 g/mol. The maximum Gasteiger partial charge on any atom is 0.301 e. The van der Waals surface area contributed by atoms with Crippen molar-refractivity contribution in [3.05, 3.63) is 72.2 Å². The molecule has 0 amide bonds. The van der Waals surface area contributed by atoms with Gasteiger partial charge in [-0.2, -0.15) is 5.10 Å². The van der Waals surface area contributed by atoms with Crippen molar-refractivity contribution in [1.29, 1.82) is 0 Å². The van der Waals surface area contributed by atoms with Crippen molar-refractivity contribution in [3.63, 3.8) is 0 Å². The number of halogens is 2. The first kappa shape index (κ1) is 16.7. The quantitative estimate of drug-likeness (QED) is 0.489. The van der Waals surface area contributed by atoms with E-state index >= 15 is 0 Å². The van der Waals surface area contributed by atoms with Crippen LogP contribution in [0.3, 0.4) is 0 Å². The molecule has 1 N–H and O–H groups in total. The Hall–Kier alpha value is -2.71. The van der Waals surface area contributed by atoms with E-state index in [0.29, 0.717) is 15.6 Å². The molecule has 0 spiro atoms. The van der Waals surface area contributed by atoms with Gasteiger partial charge in [0.15, 0.2) is 0 Å². The molecule has 0 aromatic heterocycles. The van der Waals surface area contributed by atoms with E-state index < -0.39 is 15.5 Å². The Balaban J connectivity index is 2.24. The van der Waals surface area contributed by atoms with Gasteiger partial charge in [-0.25, -0.2) is 0 Å². The maximum absolute atomic E-state index is 11.0. The van der Waals surface area contributed by atoms with Crippen LogP contribution in [0.4, 0.5) is 17.1 Å². The molecule has 0 heterocycles. The molecule has 0 atom stereocenters. The Morgan fingerprint density at radius 3 is 2.39 bits per heavy atom. The van der Waals surface area contributed by atoms with E-state index in [2.05, 4.69) is 10.5 Å². The minimum Gasteiger partial charge on any atom is -0.272 e. The summed E-state index contributed by atoms with van der Waals surface area (Å²) in [4.78, 5) is 20.2. The SMILES string of the molecule is O=[N+]([O-])c1ccc(N/N=C\c2ccc(Cl)cc2Cl)c([N+](=O)[O-])c1.